The molecule has 0 heterocycles. The zero-order valence-corrected chi connectivity index (χ0v) is 9.11. The summed E-state index contributed by atoms with van der Waals surface area (Å²) in [7, 11) is 0. The van der Waals surface area contributed by atoms with E-state index in [1.54, 1.807) is 0 Å². The summed E-state index contributed by atoms with van der Waals surface area (Å²) in [5.41, 5.74) is 0. The Bertz CT molecular complexity index is 188. The third-order valence-corrected chi connectivity index (χ3v) is 3.09. The van der Waals surface area contributed by atoms with Crippen LogP contribution in [0.4, 0.5) is 0 Å². The van der Waals surface area contributed by atoms with Crippen molar-refractivity contribution in [2.24, 2.45) is 5.92 Å². The Kier molecular flexibility index (Phi) is 5.65. The number of aliphatic hydroxyl groups excluding tert-OH is 1. The lowest BCUT2D eigenvalue weighted by Gasteiger charge is -2.26. The van der Waals surface area contributed by atoms with Crippen molar-refractivity contribution in [1.29, 1.82) is 0 Å². The summed E-state index contributed by atoms with van der Waals surface area (Å²) in [5, 5.41) is 20.8. The molecular weight excluding hydrogens is 194 g/mol. The van der Waals surface area contributed by atoms with E-state index in [-0.39, 0.29) is 12.5 Å². The first kappa shape index (κ1) is 12.5. The lowest BCUT2D eigenvalue weighted by Crippen LogP contribution is -2.35. The minimum Gasteiger partial charge on any atom is -0.481 e. The number of aliphatic carboxylic acids is 1. The van der Waals surface area contributed by atoms with Crippen molar-refractivity contribution in [2.45, 2.75) is 44.6 Å². The number of nitrogens with one attached hydrogen (secondary N) is 1. The standard InChI is InChI=1S/C11H21NO3/c13-8-2-1-7-12-10-5-3-9(4-6-10)11(14)15/h9-10,12-13H,1-8H2,(H,14,15). The average molecular weight is 215 g/mol. The first-order valence-electron chi connectivity index (χ1n) is 5.81. The molecule has 0 aromatic rings. The van der Waals surface area contributed by atoms with Gasteiger partial charge in [0.1, 0.15) is 0 Å². The normalized spacial score (nSPS) is 26.5. The minimum atomic E-state index is -0.645. The summed E-state index contributed by atoms with van der Waals surface area (Å²) >= 11 is 0. The van der Waals surface area contributed by atoms with Gasteiger partial charge in [0, 0.05) is 12.6 Å². The van der Waals surface area contributed by atoms with Crippen LogP contribution in [-0.4, -0.2) is 35.4 Å². The quantitative estimate of drug-likeness (QED) is 0.578. The molecular formula is C11H21NO3. The van der Waals surface area contributed by atoms with Crippen LogP contribution in [0.2, 0.25) is 0 Å². The largest absolute Gasteiger partial charge is 0.481 e. The van der Waals surface area contributed by atoms with Gasteiger partial charge in [0.2, 0.25) is 0 Å². The van der Waals surface area contributed by atoms with Gasteiger partial charge in [0.15, 0.2) is 0 Å². The van der Waals surface area contributed by atoms with E-state index in [4.69, 9.17) is 10.2 Å². The zero-order chi connectivity index (χ0) is 11.1. The van der Waals surface area contributed by atoms with Gasteiger partial charge >= 0.3 is 5.97 Å². The third-order valence-electron chi connectivity index (χ3n) is 3.09. The maximum Gasteiger partial charge on any atom is 0.306 e. The van der Waals surface area contributed by atoms with Crippen LogP contribution >= 0.6 is 0 Å². The molecule has 1 aliphatic carbocycles. The highest BCUT2D eigenvalue weighted by Gasteiger charge is 2.25. The Labute approximate surface area is 90.7 Å². The summed E-state index contributed by atoms with van der Waals surface area (Å²) in [6.45, 7) is 1.19. The van der Waals surface area contributed by atoms with E-state index in [9.17, 15) is 4.79 Å². The monoisotopic (exact) mass is 215 g/mol. The SMILES string of the molecule is O=C(O)C1CCC(NCCCCO)CC1. The summed E-state index contributed by atoms with van der Waals surface area (Å²) in [4.78, 5) is 10.7. The van der Waals surface area contributed by atoms with Crippen molar-refractivity contribution in [3.8, 4) is 0 Å². The maximum absolute atomic E-state index is 10.7. The van der Waals surface area contributed by atoms with Gasteiger partial charge in [-0.3, -0.25) is 4.79 Å². The highest BCUT2D eigenvalue weighted by atomic mass is 16.4. The second-order valence-corrected chi connectivity index (χ2v) is 4.27. The van der Waals surface area contributed by atoms with Gasteiger partial charge < -0.3 is 15.5 Å². The van der Waals surface area contributed by atoms with Crippen molar-refractivity contribution in [3.05, 3.63) is 0 Å². The first-order chi connectivity index (χ1) is 7.24. The number of rotatable bonds is 6. The van der Waals surface area contributed by atoms with Gasteiger partial charge in [0.25, 0.3) is 0 Å². The molecule has 1 rings (SSSR count). The minimum absolute atomic E-state index is 0.125. The molecule has 0 bridgehead atoms. The molecule has 0 unspecified atom stereocenters. The van der Waals surface area contributed by atoms with Crippen LogP contribution in [0, 0.1) is 5.92 Å². The molecule has 3 N–H and O–H groups in total. The molecule has 4 nitrogen and oxygen atoms in total. The van der Waals surface area contributed by atoms with E-state index in [0.717, 1.165) is 45.1 Å². The number of hydrogen-bond donors (Lipinski definition) is 3. The molecule has 0 radical (unpaired) electrons. The summed E-state index contributed by atoms with van der Waals surface area (Å²) < 4.78 is 0. The molecule has 4 heteroatoms. The number of carboxylic acids is 1. The fourth-order valence-electron chi connectivity index (χ4n) is 2.09. The molecule has 0 amide bonds. The lowest BCUT2D eigenvalue weighted by atomic mass is 9.86. The Morgan fingerprint density at radius 2 is 1.87 bits per heavy atom. The molecule has 0 spiro atoms. The van der Waals surface area contributed by atoms with Gasteiger partial charge in [0.05, 0.1) is 5.92 Å². The fourth-order valence-corrected chi connectivity index (χ4v) is 2.09. The highest BCUT2D eigenvalue weighted by Crippen LogP contribution is 2.24. The van der Waals surface area contributed by atoms with Crippen LogP contribution in [0.15, 0.2) is 0 Å². The molecule has 0 aromatic carbocycles. The number of hydrogen-bond acceptors (Lipinski definition) is 3. The van der Waals surface area contributed by atoms with E-state index in [2.05, 4.69) is 5.32 Å². The molecule has 88 valence electrons. The van der Waals surface area contributed by atoms with E-state index in [1.165, 1.54) is 0 Å². The van der Waals surface area contributed by atoms with E-state index in [0.29, 0.717) is 6.04 Å². The van der Waals surface area contributed by atoms with E-state index < -0.39 is 5.97 Å². The summed E-state index contributed by atoms with van der Waals surface area (Å²) in [6.07, 6.45) is 5.37. The number of unbranched alkanes of at least 4 members (excludes halogenated alkanes) is 1. The van der Waals surface area contributed by atoms with Crippen LogP contribution in [0.25, 0.3) is 0 Å². The molecule has 0 saturated heterocycles. The fraction of sp³-hybridized carbons (Fsp3) is 0.909. The first-order valence-corrected chi connectivity index (χ1v) is 5.81. The number of carbonyl (C=O) groups is 1. The highest BCUT2D eigenvalue weighted by molar-refractivity contribution is 5.70. The van der Waals surface area contributed by atoms with E-state index in [1.807, 2.05) is 0 Å². The van der Waals surface area contributed by atoms with Crippen LogP contribution < -0.4 is 5.32 Å². The van der Waals surface area contributed by atoms with Crippen LogP contribution in [-0.2, 0) is 4.79 Å². The Hall–Kier alpha value is -0.610. The topological polar surface area (TPSA) is 69.6 Å². The van der Waals surface area contributed by atoms with Gasteiger partial charge in [-0.25, -0.2) is 0 Å². The Morgan fingerprint density at radius 1 is 1.20 bits per heavy atom. The van der Waals surface area contributed by atoms with Crippen molar-refractivity contribution in [1.82, 2.24) is 5.32 Å². The van der Waals surface area contributed by atoms with Crippen LogP contribution in [0.3, 0.4) is 0 Å². The second-order valence-electron chi connectivity index (χ2n) is 4.27. The molecule has 1 fully saturated rings. The van der Waals surface area contributed by atoms with Crippen molar-refractivity contribution in [3.63, 3.8) is 0 Å². The van der Waals surface area contributed by atoms with Crippen molar-refractivity contribution in [2.75, 3.05) is 13.2 Å². The molecule has 15 heavy (non-hydrogen) atoms. The number of aliphatic hydroxyl groups is 1. The molecule has 1 saturated carbocycles. The molecule has 0 atom stereocenters. The summed E-state index contributed by atoms with van der Waals surface area (Å²) in [5.74, 6) is -0.769. The molecule has 0 aromatic heterocycles. The van der Waals surface area contributed by atoms with Crippen LogP contribution in [0.1, 0.15) is 38.5 Å². The zero-order valence-electron chi connectivity index (χ0n) is 9.11. The second kappa shape index (κ2) is 6.80. The maximum atomic E-state index is 10.7. The Morgan fingerprint density at radius 3 is 2.40 bits per heavy atom. The third kappa shape index (κ3) is 4.62. The number of carboxylic acid groups (broad SMARTS) is 1. The van der Waals surface area contributed by atoms with Gasteiger partial charge in [-0.1, -0.05) is 0 Å². The van der Waals surface area contributed by atoms with E-state index >= 15 is 0 Å². The van der Waals surface area contributed by atoms with Crippen molar-refractivity contribution < 1.29 is 15.0 Å². The average Bonchev–Trinajstić information content (AvgIpc) is 2.25. The van der Waals surface area contributed by atoms with Gasteiger partial charge in [-0.15, -0.1) is 0 Å². The smallest absolute Gasteiger partial charge is 0.306 e. The Balaban J connectivity index is 2.07. The van der Waals surface area contributed by atoms with Gasteiger partial charge in [-0.05, 0) is 45.1 Å². The predicted molar refractivity (Wildman–Crippen MR) is 57.7 cm³/mol. The van der Waals surface area contributed by atoms with Crippen LogP contribution in [0.5, 0.6) is 0 Å². The van der Waals surface area contributed by atoms with Crippen molar-refractivity contribution >= 4 is 5.97 Å². The predicted octanol–water partition coefficient (Wildman–Crippen LogP) is 0.992. The summed E-state index contributed by atoms with van der Waals surface area (Å²) in [6, 6.07) is 0.485. The van der Waals surface area contributed by atoms with Gasteiger partial charge in [-0.2, -0.15) is 0 Å². The lowest BCUT2D eigenvalue weighted by molar-refractivity contribution is -0.142. The molecule has 0 aliphatic heterocycles. The molecule has 1 aliphatic rings.